The summed E-state index contributed by atoms with van der Waals surface area (Å²) >= 11 is 0. The normalized spacial score (nSPS) is 26.3. The summed E-state index contributed by atoms with van der Waals surface area (Å²) in [4.78, 5) is 16.4. The second kappa shape index (κ2) is 5.14. The summed E-state index contributed by atoms with van der Waals surface area (Å²) in [6, 6.07) is 7.91. The van der Waals surface area contributed by atoms with Crippen molar-refractivity contribution < 1.29 is 9.21 Å². The number of nitrogens with one attached hydrogen (secondary N) is 2. The summed E-state index contributed by atoms with van der Waals surface area (Å²) in [6.07, 6.45) is 3.71. The smallest absolute Gasteiger partial charge is 0.307 e. The Hall–Kier alpha value is -2.34. The number of carbonyl (C=O) groups is 1. The lowest BCUT2D eigenvalue weighted by molar-refractivity contribution is 0.0894. The Balaban J connectivity index is 1.49. The summed E-state index contributed by atoms with van der Waals surface area (Å²) in [6.45, 7) is 1.06. The number of anilines is 1. The second-order valence-electron chi connectivity index (χ2n) is 6.05. The van der Waals surface area contributed by atoms with E-state index in [0.717, 1.165) is 24.9 Å². The van der Waals surface area contributed by atoms with Gasteiger partial charge in [0.05, 0.1) is 6.20 Å². The van der Waals surface area contributed by atoms with Crippen LogP contribution in [0.25, 0.3) is 11.3 Å². The number of rotatable bonds is 3. The molecule has 1 aliphatic carbocycles. The van der Waals surface area contributed by atoms with Gasteiger partial charge in [0, 0.05) is 23.3 Å². The zero-order valence-corrected chi connectivity index (χ0v) is 12.1. The largest absolute Gasteiger partial charge is 0.432 e. The number of piperidine rings is 1. The van der Waals surface area contributed by atoms with E-state index in [4.69, 9.17) is 10.2 Å². The quantitative estimate of drug-likeness (QED) is 0.745. The summed E-state index contributed by atoms with van der Waals surface area (Å²) < 4.78 is 5.58. The number of hydrogen-bond acceptors (Lipinski definition) is 5. The number of carbonyl (C=O) groups excluding carboxylic acids is 1. The second-order valence-corrected chi connectivity index (χ2v) is 6.05. The number of nitrogens with zero attached hydrogens (tertiary/aromatic N) is 1. The van der Waals surface area contributed by atoms with Crippen LogP contribution in [0.2, 0.25) is 0 Å². The lowest BCUT2D eigenvalue weighted by Gasteiger charge is -2.23. The number of amides is 1. The highest BCUT2D eigenvalue weighted by molar-refractivity contribution is 5.90. The number of aromatic nitrogens is 1. The SMILES string of the molecule is Nc1ccccc1-c1cnc(C(=O)NC2CC3CNC2C3)o1. The van der Waals surface area contributed by atoms with E-state index in [1.165, 1.54) is 0 Å². The number of benzene rings is 1. The molecule has 2 heterocycles. The Bertz CT molecular complexity index is 712. The van der Waals surface area contributed by atoms with Crippen molar-refractivity contribution in [3.63, 3.8) is 0 Å². The molecule has 0 radical (unpaired) electrons. The van der Waals surface area contributed by atoms with E-state index in [1.54, 1.807) is 12.3 Å². The molecule has 6 nitrogen and oxygen atoms in total. The first-order valence-corrected chi connectivity index (χ1v) is 7.55. The number of oxazole rings is 1. The lowest BCUT2D eigenvalue weighted by Crippen LogP contribution is -2.48. The number of nitrogens with two attached hydrogens (primary N) is 1. The fourth-order valence-electron chi connectivity index (χ4n) is 3.47. The van der Waals surface area contributed by atoms with Crippen LogP contribution in [0.5, 0.6) is 0 Å². The van der Waals surface area contributed by atoms with Crippen LogP contribution in [-0.2, 0) is 0 Å². The Kier molecular flexibility index (Phi) is 3.11. The van der Waals surface area contributed by atoms with Crippen LogP contribution >= 0.6 is 0 Å². The van der Waals surface area contributed by atoms with Crippen molar-refractivity contribution in [3.8, 4) is 11.3 Å². The zero-order chi connectivity index (χ0) is 15.1. The minimum atomic E-state index is -0.264. The van der Waals surface area contributed by atoms with E-state index in [0.29, 0.717) is 23.4 Å². The molecule has 1 amide bonds. The van der Waals surface area contributed by atoms with Gasteiger partial charge in [-0.1, -0.05) is 12.1 Å². The minimum absolute atomic E-state index is 0.0843. The molecule has 114 valence electrons. The van der Waals surface area contributed by atoms with E-state index >= 15 is 0 Å². The molecule has 2 aromatic rings. The van der Waals surface area contributed by atoms with Crippen molar-refractivity contribution >= 4 is 11.6 Å². The summed E-state index contributed by atoms with van der Waals surface area (Å²) in [7, 11) is 0. The van der Waals surface area contributed by atoms with Crippen molar-refractivity contribution in [1.82, 2.24) is 15.6 Å². The number of fused-ring (bicyclic) bond motifs is 2. The van der Waals surface area contributed by atoms with Crippen molar-refractivity contribution in [1.29, 1.82) is 0 Å². The standard InChI is InChI=1S/C16H18N4O2/c17-11-4-2-1-3-10(11)14-8-19-16(22-14)15(21)20-13-6-9-5-12(13)18-7-9/h1-4,8-9,12-13,18H,5-7,17H2,(H,20,21). The van der Waals surface area contributed by atoms with Crippen molar-refractivity contribution in [2.75, 3.05) is 12.3 Å². The maximum absolute atomic E-state index is 12.3. The van der Waals surface area contributed by atoms with Gasteiger partial charge in [-0.25, -0.2) is 4.98 Å². The van der Waals surface area contributed by atoms with E-state index in [2.05, 4.69) is 15.6 Å². The van der Waals surface area contributed by atoms with E-state index in [-0.39, 0.29) is 17.8 Å². The monoisotopic (exact) mass is 298 g/mol. The van der Waals surface area contributed by atoms with Crippen LogP contribution in [0.4, 0.5) is 5.69 Å². The molecule has 0 spiro atoms. The molecule has 1 aliphatic heterocycles. The Morgan fingerprint density at radius 3 is 2.95 bits per heavy atom. The third-order valence-electron chi connectivity index (χ3n) is 4.57. The van der Waals surface area contributed by atoms with Gasteiger partial charge < -0.3 is 20.8 Å². The Morgan fingerprint density at radius 2 is 2.23 bits per heavy atom. The average Bonchev–Trinajstić information content (AvgIpc) is 3.24. The van der Waals surface area contributed by atoms with Crippen molar-refractivity contribution in [2.45, 2.75) is 24.9 Å². The molecular formula is C16H18N4O2. The molecule has 1 aromatic heterocycles. The highest BCUT2D eigenvalue weighted by Crippen LogP contribution is 2.31. The van der Waals surface area contributed by atoms with Gasteiger partial charge in [0.2, 0.25) is 0 Å². The number of hydrogen-bond donors (Lipinski definition) is 3. The molecule has 6 heteroatoms. The van der Waals surface area contributed by atoms with E-state index in [9.17, 15) is 4.79 Å². The number of nitrogen functional groups attached to an aromatic ring is 1. The van der Waals surface area contributed by atoms with E-state index in [1.807, 2.05) is 18.2 Å². The molecular weight excluding hydrogens is 280 g/mol. The fraction of sp³-hybridized carbons (Fsp3) is 0.375. The van der Waals surface area contributed by atoms with Crippen LogP contribution in [0.15, 0.2) is 34.9 Å². The van der Waals surface area contributed by atoms with E-state index < -0.39 is 0 Å². The fourth-order valence-corrected chi connectivity index (χ4v) is 3.47. The lowest BCUT2D eigenvalue weighted by atomic mass is 10.1. The first-order valence-electron chi connectivity index (χ1n) is 7.55. The van der Waals surface area contributed by atoms with Crippen LogP contribution in [0.1, 0.15) is 23.5 Å². The summed E-state index contributed by atoms with van der Waals surface area (Å²) in [5.74, 6) is 1.01. The average molecular weight is 298 g/mol. The molecule has 4 rings (SSSR count). The highest BCUT2D eigenvalue weighted by Gasteiger charge is 2.40. The molecule has 1 saturated carbocycles. The third-order valence-corrected chi connectivity index (χ3v) is 4.57. The van der Waals surface area contributed by atoms with Gasteiger partial charge in [0.25, 0.3) is 5.89 Å². The van der Waals surface area contributed by atoms with Gasteiger partial charge in [0.15, 0.2) is 5.76 Å². The highest BCUT2D eigenvalue weighted by atomic mass is 16.4. The van der Waals surface area contributed by atoms with Crippen LogP contribution in [0.3, 0.4) is 0 Å². The zero-order valence-electron chi connectivity index (χ0n) is 12.1. The first-order chi connectivity index (χ1) is 10.7. The third kappa shape index (κ3) is 2.25. The molecule has 2 bridgehead atoms. The van der Waals surface area contributed by atoms with Crippen LogP contribution in [0, 0.1) is 5.92 Å². The summed E-state index contributed by atoms with van der Waals surface area (Å²) in [5, 5.41) is 6.44. The molecule has 1 saturated heterocycles. The van der Waals surface area contributed by atoms with Gasteiger partial charge in [0.1, 0.15) is 0 Å². The maximum Gasteiger partial charge on any atom is 0.307 e. The maximum atomic E-state index is 12.3. The van der Waals surface area contributed by atoms with Crippen LogP contribution < -0.4 is 16.4 Å². The molecule has 3 atom stereocenters. The predicted molar refractivity (Wildman–Crippen MR) is 82.1 cm³/mol. The predicted octanol–water partition coefficient (Wildman–Crippen LogP) is 1.40. The van der Waals surface area contributed by atoms with Gasteiger partial charge in [-0.2, -0.15) is 0 Å². The first kappa shape index (κ1) is 13.3. The molecule has 3 unspecified atom stereocenters. The van der Waals surface area contributed by atoms with Crippen LogP contribution in [-0.4, -0.2) is 29.5 Å². The topological polar surface area (TPSA) is 93.2 Å². The van der Waals surface area contributed by atoms with Gasteiger partial charge in [-0.05, 0) is 37.4 Å². The minimum Gasteiger partial charge on any atom is -0.432 e. The number of para-hydroxylation sites is 1. The Labute approximate surface area is 128 Å². The van der Waals surface area contributed by atoms with Gasteiger partial charge in [-0.3, -0.25) is 4.79 Å². The molecule has 4 N–H and O–H groups in total. The molecule has 1 aromatic carbocycles. The molecule has 2 fully saturated rings. The van der Waals surface area contributed by atoms with Gasteiger partial charge in [-0.15, -0.1) is 0 Å². The van der Waals surface area contributed by atoms with Crippen molar-refractivity contribution in [2.24, 2.45) is 5.92 Å². The molecule has 22 heavy (non-hydrogen) atoms. The van der Waals surface area contributed by atoms with Crippen molar-refractivity contribution in [3.05, 3.63) is 36.4 Å². The Morgan fingerprint density at radius 1 is 1.36 bits per heavy atom. The van der Waals surface area contributed by atoms with Gasteiger partial charge >= 0.3 is 5.91 Å². The molecule has 2 aliphatic rings. The summed E-state index contributed by atoms with van der Waals surface area (Å²) in [5.41, 5.74) is 7.26.